The zero-order valence-corrected chi connectivity index (χ0v) is 21.3. The van der Waals surface area contributed by atoms with Crippen LogP contribution in [-0.4, -0.2) is 42.0 Å². The van der Waals surface area contributed by atoms with Gasteiger partial charge in [-0.25, -0.2) is 4.79 Å². The molecule has 0 fully saturated rings. The second-order valence-corrected chi connectivity index (χ2v) is 9.78. The van der Waals surface area contributed by atoms with Crippen molar-refractivity contribution >= 4 is 6.09 Å². The molecule has 0 unspecified atom stereocenters. The minimum absolute atomic E-state index is 0.398. The van der Waals surface area contributed by atoms with E-state index >= 15 is 0 Å². The van der Waals surface area contributed by atoms with Crippen molar-refractivity contribution in [1.82, 2.24) is 10.6 Å². The summed E-state index contributed by atoms with van der Waals surface area (Å²) in [6.07, 6.45) is 1.39. The summed E-state index contributed by atoms with van der Waals surface area (Å²) >= 11 is 0. The van der Waals surface area contributed by atoms with Crippen LogP contribution in [0.5, 0.6) is 5.75 Å². The van der Waals surface area contributed by atoms with Crippen LogP contribution in [0, 0.1) is 5.92 Å². The molecule has 6 nitrogen and oxygen atoms in total. The molecule has 0 heterocycles. The average molecular weight is 471 g/mol. The third-order valence-electron chi connectivity index (χ3n) is 5.74. The minimum Gasteiger partial charge on any atom is -0.489 e. The largest absolute Gasteiger partial charge is 0.489 e. The molecule has 0 bridgehead atoms. The van der Waals surface area contributed by atoms with Gasteiger partial charge in [0, 0.05) is 6.54 Å². The average Bonchev–Trinajstić information content (AvgIpc) is 2.80. The summed E-state index contributed by atoms with van der Waals surface area (Å²) in [5.74, 6) is 1.35. The van der Waals surface area contributed by atoms with Gasteiger partial charge in [0.2, 0.25) is 0 Å². The molecule has 2 rings (SSSR count). The third kappa shape index (κ3) is 10.6. The van der Waals surface area contributed by atoms with Gasteiger partial charge in [0.05, 0.1) is 12.1 Å². The number of alkyl carbamates (subject to hydrolysis) is 1. The lowest BCUT2D eigenvalue weighted by atomic mass is 10.00. The third-order valence-corrected chi connectivity index (χ3v) is 5.74. The van der Waals surface area contributed by atoms with Crippen molar-refractivity contribution in [2.45, 2.75) is 78.2 Å². The van der Waals surface area contributed by atoms with Crippen molar-refractivity contribution in [2.75, 3.05) is 13.1 Å². The zero-order valence-electron chi connectivity index (χ0n) is 21.3. The maximum absolute atomic E-state index is 12.4. The van der Waals surface area contributed by atoms with Gasteiger partial charge in [-0.05, 0) is 62.9 Å². The van der Waals surface area contributed by atoms with E-state index in [4.69, 9.17) is 9.47 Å². The molecule has 1 amide bonds. The maximum atomic E-state index is 12.4. The van der Waals surface area contributed by atoms with Crippen molar-refractivity contribution in [3.63, 3.8) is 0 Å². The number of aliphatic hydroxyl groups excluding tert-OH is 1. The van der Waals surface area contributed by atoms with E-state index in [1.54, 1.807) is 0 Å². The normalized spacial score (nSPS) is 13.4. The fourth-order valence-electron chi connectivity index (χ4n) is 3.61. The Balaban J connectivity index is 1.99. The summed E-state index contributed by atoms with van der Waals surface area (Å²) in [6, 6.07) is 17.3. The lowest BCUT2D eigenvalue weighted by Crippen LogP contribution is -2.50. The molecule has 2 atom stereocenters. The van der Waals surface area contributed by atoms with Gasteiger partial charge in [0.15, 0.2) is 0 Å². The summed E-state index contributed by atoms with van der Waals surface area (Å²) in [6.45, 7) is 11.6. The molecule has 0 spiro atoms. The van der Waals surface area contributed by atoms with Gasteiger partial charge < -0.3 is 25.2 Å². The van der Waals surface area contributed by atoms with Crippen LogP contribution in [0.15, 0.2) is 54.6 Å². The van der Waals surface area contributed by atoms with Gasteiger partial charge >= 0.3 is 6.09 Å². The molecule has 0 radical (unpaired) electrons. The fourth-order valence-corrected chi connectivity index (χ4v) is 3.61. The molecule has 2 aromatic carbocycles. The number of amides is 1. The number of rotatable bonds is 13. The quantitative estimate of drug-likeness (QED) is 0.380. The molecule has 0 aliphatic carbocycles. The van der Waals surface area contributed by atoms with Crippen LogP contribution in [0.25, 0.3) is 0 Å². The van der Waals surface area contributed by atoms with Gasteiger partial charge in [-0.1, -0.05) is 69.2 Å². The Kier molecular flexibility index (Phi) is 11.4. The Labute approximate surface area is 205 Å². The second kappa shape index (κ2) is 14.0. The standard InChI is InChI=1S/C28H42N2O4/c1-6-21(7-2)18-29-19-26(31)25(30-27(32)34-28(3,4)5)17-22-13-15-24(16-14-22)33-20-23-11-9-8-10-12-23/h8-16,21,25-26,29,31H,6-7,17-20H2,1-5H3,(H,30,32)/t25-,26+/m0/s1. The highest BCUT2D eigenvalue weighted by molar-refractivity contribution is 5.68. The number of carbonyl (C=O) groups is 1. The molecule has 2 aromatic rings. The van der Waals surface area contributed by atoms with E-state index in [1.807, 2.05) is 75.4 Å². The van der Waals surface area contributed by atoms with E-state index in [1.165, 1.54) is 0 Å². The lowest BCUT2D eigenvalue weighted by Gasteiger charge is -2.27. The first-order valence-corrected chi connectivity index (χ1v) is 12.3. The molecule has 34 heavy (non-hydrogen) atoms. The maximum Gasteiger partial charge on any atom is 0.407 e. The molecule has 0 saturated carbocycles. The van der Waals surface area contributed by atoms with E-state index in [0.717, 1.165) is 36.3 Å². The van der Waals surface area contributed by atoms with E-state index < -0.39 is 23.8 Å². The first kappa shape index (κ1) is 27.7. The fraction of sp³-hybridized carbons (Fsp3) is 0.536. The number of carbonyl (C=O) groups excluding carboxylic acids is 1. The molecule has 3 N–H and O–H groups in total. The highest BCUT2D eigenvalue weighted by Crippen LogP contribution is 2.17. The Hall–Kier alpha value is -2.57. The predicted molar refractivity (Wildman–Crippen MR) is 137 cm³/mol. The summed E-state index contributed by atoms with van der Waals surface area (Å²) in [4.78, 5) is 12.4. The van der Waals surface area contributed by atoms with Crippen LogP contribution < -0.4 is 15.4 Å². The van der Waals surface area contributed by atoms with Crippen molar-refractivity contribution in [1.29, 1.82) is 0 Å². The molecular formula is C28H42N2O4. The predicted octanol–water partition coefficient (Wildman–Crippen LogP) is 5.09. The molecular weight excluding hydrogens is 428 g/mol. The Morgan fingerprint density at radius 2 is 1.59 bits per heavy atom. The molecule has 0 aliphatic rings. The highest BCUT2D eigenvalue weighted by atomic mass is 16.6. The SMILES string of the molecule is CCC(CC)CNC[C@@H](O)[C@H](Cc1ccc(OCc2ccccc2)cc1)NC(=O)OC(C)(C)C. The van der Waals surface area contributed by atoms with Gasteiger partial charge in [0.1, 0.15) is 18.0 Å². The summed E-state index contributed by atoms with van der Waals surface area (Å²) in [5.41, 5.74) is 1.50. The number of aliphatic hydroxyl groups is 1. The zero-order chi connectivity index (χ0) is 25.0. The Morgan fingerprint density at radius 3 is 2.18 bits per heavy atom. The number of benzene rings is 2. The lowest BCUT2D eigenvalue weighted by molar-refractivity contribution is 0.0421. The van der Waals surface area contributed by atoms with Gasteiger partial charge in [0.25, 0.3) is 0 Å². The van der Waals surface area contributed by atoms with Crippen molar-refractivity contribution in [2.24, 2.45) is 5.92 Å². The minimum atomic E-state index is -0.754. The smallest absolute Gasteiger partial charge is 0.407 e. The monoisotopic (exact) mass is 470 g/mol. The van der Waals surface area contributed by atoms with Crippen LogP contribution in [0.2, 0.25) is 0 Å². The van der Waals surface area contributed by atoms with Gasteiger partial charge in [-0.15, -0.1) is 0 Å². The molecule has 6 heteroatoms. The van der Waals surface area contributed by atoms with Gasteiger partial charge in [-0.3, -0.25) is 0 Å². The number of hydrogen-bond acceptors (Lipinski definition) is 5. The highest BCUT2D eigenvalue weighted by Gasteiger charge is 2.25. The van der Waals surface area contributed by atoms with E-state index in [-0.39, 0.29) is 0 Å². The van der Waals surface area contributed by atoms with E-state index in [0.29, 0.717) is 25.5 Å². The van der Waals surface area contributed by atoms with Crippen LogP contribution in [0.4, 0.5) is 4.79 Å². The Bertz CT molecular complexity index is 830. The molecule has 0 aromatic heterocycles. The first-order chi connectivity index (χ1) is 16.2. The van der Waals surface area contributed by atoms with E-state index in [2.05, 4.69) is 24.5 Å². The number of nitrogens with one attached hydrogen (secondary N) is 2. The first-order valence-electron chi connectivity index (χ1n) is 12.3. The topological polar surface area (TPSA) is 79.8 Å². The van der Waals surface area contributed by atoms with Crippen LogP contribution in [-0.2, 0) is 17.8 Å². The Morgan fingerprint density at radius 1 is 0.941 bits per heavy atom. The number of hydrogen-bond donors (Lipinski definition) is 3. The van der Waals surface area contributed by atoms with Crippen molar-refractivity contribution in [3.05, 3.63) is 65.7 Å². The molecule has 188 valence electrons. The van der Waals surface area contributed by atoms with Gasteiger partial charge in [-0.2, -0.15) is 0 Å². The van der Waals surface area contributed by atoms with Crippen LogP contribution in [0.1, 0.15) is 58.6 Å². The van der Waals surface area contributed by atoms with E-state index in [9.17, 15) is 9.90 Å². The van der Waals surface area contributed by atoms with Crippen molar-refractivity contribution < 1.29 is 19.4 Å². The second-order valence-electron chi connectivity index (χ2n) is 9.78. The number of ether oxygens (including phenoxy) is 2. The summed E-state index contributed by atoms with van der Waals surface area (Å²) in [5, 5.41) is 17.1. The summed E-state index contributed by atoms with van der Waals surface area (Å²) < 4.78 is 11.3. The summed E-state index contributed by atoms with van der Waals surface area (Å²) in [7, 11) is 0. The van der Waals surface area contributed by atoms with Crippen LogP contribution in [0.3, 0.4) is 0 Å². The molecule has 0 saturated heterocycles. The molecule has 0 aliphatic heterocycles. The van der Waals surface area contributed by atoms with Crippen molar-refractivity contribution in [3.8, 4) is 5.75 Å². The van der Waals surface area contributed by atoms with Crippen LogP contribution >= 0.6 is 0 Å².